The van der Waals surface area contributed by atoms with Gasteiger partial charge in [-0.1, -0.05) is 6.07 Å². The summed E-state index contributed by atoms with van der Waals surface area (Å²) in [5, 5.41) is 24.3. The Labute approximate surface area is 247 Å². The molecule has 0 aliphatic carbocycles. The van der Waals surface area contributed by atoms with Crippen LogP contribution in [0.3, 0.4) is 0 Å². The van der Waals surface area contributed by atoms with E-state index in [1.54, 1.807) is 29.2 Å². The van der Waals surface area contributed by atoms with Gasteiger partial charge in [-0.2, -0.15) is 0 Å². The molecule has 14 heteroatoms. The number of carbonyl (C=O) groups is 6. The second-order valence-electron chi connectivity index (χ2n) is 9.08. The highest BCUT2D eigenvalue weighted by atomic mass is 32.2. The van der Waals surface area contributed by atoms with Crippen LogP contribution in [0.25, 0.3) is 0 Å². The Morgan fingerprint density at radius 1 is 1.00 bits per heavy atom. The van der Waals surface area contributed by atoms with Crippen LogP contribution in [-0.4, -0.2) is 70.1 Å². The van der Waals surface area contributed by atoms with Crippen molar-refractivity contribution in [3.8, 4) is 0 Å². The molecule has 4 rings (SSSR count). The molecule has 0 spiro atoms. The van der Waals surface area contributed by atoms with E-state index in [1.165, 1.54) is 37.1 Å². The van der Waals surface area contributed by atoms with E-state index in [4.69, 9.17) is 9.84 Å². The Kier molecular flexibility index (Phi) is 9.28. The van der Waals surface area contributed by atoms with Gasteiger partial charge in [-0.3, -0.25) is 14.4 Å². The maximum absolute atomic E-state index is 12.8. The monoisotopic (exact) mass is 611 g/mol. The average molecular weight is 612 g/mol. The molecule has 2 aromatic carbocycles. The first kappa shape index (κ1) is 30.3. The number of rotatable bonds is 9. The standard InChI is InChI=1S/C28H25N3O9S2/c1-14(32)31-9-8-19-21(12-31)42-25(23(19)28(39)40-2)30-22(33)13-41-17-5-3-4-16(11-17)29-24(34)18-7-6-15(26(35)36)10-20(18)27(37)38/h3-7,10-11H,8-9,12-13H2,1-2H3,(H,29,34)(H,30,33)(H,35,36)(H,37,38). The third-order valence-electron chi connectivity index (χ3n) is 6.35. The molecule has 3 amide bonds. The molecule has 1 aromatic heterocycles. The Morgan fingerprint density at radius 3 is 2.43 bits per heavy atom. The summed E-state index contributed by atoms with van der Waals surface area (Å²) in [4.78, 5) is 75.9. The zero-order valence-corrected chi connectivity index (χ0v) is 24.0. The molecule has 218 valence electrons. The fourth-order valence-corrected chi connectivity index (χ4v) is 6.33. The molecule has 1 aliphatic rings. The number of fused-ring (bicyclic) bond motifs is 1. The number of hydrogen-bond donors (Lipinski definition) is 4. The second kappa shape index (κ2) is 12.9. The lowest BCUT2D eigenvalue weighted by atomic mass is 10.0. The van der Waals surface area contributed by atoms with E-state index in [0.717, 1.165) is 28.6 Å². The molecule has 4 N–H and O–H groups in total. The van der Waals surface area contributed by atoms with Gasteiger partial charge in [0.05, 0.1) is 41.7 Å². The number of carboxylic acids is 2. The highest BCUT2D eigenvalue weighted by Gasteiger charge is 2.30. The van der Waals surface area contributed by atoms with Crippen LogP contribution in [0.2, 0.25) is 0 Å². The Balaban J connectivity index is 1.43. The minimum atomic E-state index is -1.45. The summed E-state index contributed by atoms with van der Waals surface area (Å²) < 4.78 is 4.94. The SMILES string of the molecule is COC(=O)c1c(NC(=O)CSc2cccc(NC(=O)c3ccc(C(=O)O)cc3C(=O)O)c2)sc2c1CCN(C(C)=O)C2. The van der Waals surface area contributed by atoms with Crippen LogP contribution in [0.4, 0.5) is 10.7 Å². The van der Waals surface area contributed by atoms with Crippen molar-refractivity contribution in [1.82, 2.24) is 4.90 Å². The van der Waals surface area contributed by atoms with Gasteiger partial charge in [0.1, 0.15) is 5.00 Å². The van der Waals surface area contributed by atoms with Gasteiger partial charge in [-0.25, -0.2) is 14.4 Å². The minimum Gasteiger partial charge on any atom is -0.478 e. The first-order chi connectivity index (χ1) is 20.0. The van der Waals surface area contributed by atoms with Crippen molar-refractivity contribution in [1.29, 1.82) is 0 Å². The number of thiophene rings is 1. The van der Waals surface area contributed by atoms with Crippen molar-refractivity contribution in [2.75, 3.05) is 30.0 Å². The van der Waals surface area contributed by atoms with Gasteiger partial charge >= 0.3 is 17.9 Å². The van der Waals surface area contributed by atoms with Crippen molar-refractivity contribution in [3.63, 3.8) is 0 Å². The lowest BCUT2D eigenvalue weighted by molar-refractivity contribution is -0.129. The normalized spacial score (nSPS) is 12.2. The van der Waals surface area contributed by atoms with E-state index in [1.807, 2.05) is 0 Å². The molecule has 0 saturated carbocycles. The summed E-state index contributed by atoms with van der Waals surface area (Å²) in [6.45, 7) is 2.29. The summed E-state index contributed by atoms with van der Waals surface area (Å²) in [6, 6.07) is 9.74. The third-order valence-corrected chi connectivity index (χ3v) is 8.47. The summed E-state index contributed by atoms with van der Waals surface area (Å²) in [6.07, 6.45) is 0.469. The number of esters is 1. The molecule has 0 radical (unpaired) electrons. The highest BCUT2D eigenvalue weighted by molar-refractivity contribution is 8.00. The smallest absolute Gasteiger partial charge is 0.341 e. The first-order valence-electron chi connectivity index (χ1n) is 12.4. The predicted molar refractivity (Wildman–Crippen MR) is 155 cm³/mol. The van der Waals surface area contributed by atoms with Gasteiger partial charge in [0.15, 0.2) is 0 Å². The maximum atomic E-state index is 12.8. The molecule has 0 fully saturated rings. The first-order valence-corrected chi connectivity index (χ1v) is 14.2. The van der Waals surface area contributed by atoms with Gasteiger partial charge < -0.3 is 30.5 Å². The van der Waals surface area contributed by atoms with E-state index in [2.05, 4.69) is 10.6 Å². The zero-order chi connectivity index (χ0) is 30.6. The zero-order valence-electron chi connectivity index (χ0n) is 22.4. The molecule has 1 aliphatic heterocycles. The number of anilines is 2. The maximum Gasteiger partial charge on any atom is 0.341 e. The van der Waals surface area contributed by atoms with E-state index < -0.39 is 29.4 Å². The molecule has 0 atom stereocenters. The molecule has 2 heterocycles. The summed E-state index contributed by atoms with van der Waals surface area (Å²) in [5.41, 5.74) is 0.458. The van der Waals surface area contributed by atoms with Gasteiger partial charge in [0.2, 0.25) is 11.8 Å². The third kappa shape index (κ3) is 6.78. The van der Waals surface area contributed by atoms with Gasteiger partial charge in [0.25, 0.3) is 5.91 Å². The number of nitrogens with zero attached hydrogens (tertiary/aromatic N) is 1. The molecule has 42 heavy (non-hydrogen) atoms. The largest absolute Gasteiger partial charge is 0.478 e. The van der Waals surface area contributed by atoms with Gasteiger partial charge in [-0.15, -0.1) is 23.1 Å². The van der Waals surface area contributed by atoms with Crippen LogP contribution in [0, 0.1) is 0 Å². The molecular formula is C28H25N3O9S2. The van der Waals surface area contributed by atoms with E-state index in [-0.39, 0.29) is 28.7 Å². The number of methoxy groups -OCH3 is 1. The number of ether oxygens (including phenoxy) is 1. The minimum absolute atomic E-state index is 0.0278. The lowest BCUT2D eigenvalue weighted by Gasteiger charge is -2.25. The lowest BCUT2D eigenvalue weighted by Crippen LogP contribution is -2.33. The Hall–Kier alpha value is -4.69. The van der Waals surface area contributed by atoms with Crippen molar-refractivity contribution in [2.45, 2.75) is 24.8 Å². The van der Waals surface area contributed by atoms with Crippen molar-refractivity contribution in [2.24, 2.45) is 0 Å². The number of carbonyl (C=O) groups excluding carboxylic acids is 4. The number of aromatic carboxylic acids is 2. The van der Waals surface area contributed by atoms with E-state index in [9.17, 15) is 33.9 Å². The van der Waals surface area contributed by atoms with Gasteiger partial charge in [-0.05, 0) is 48.4 Å². The fraction of sp³-hybridized carbons (Fsp3) is 0.214. The molecule has 0 bridgehead atoms. The van der Waals surface area contributed by atoms with Crippen LogP contribution in [0.1, 0.15) is 58.8 Å². The molecule has 12 nitrogen and oxygen atoms in total. The molecule has 0 unspecified atom stereocenters. The number of thioether (sulfide) groups is 1. The predicted octanol–water partition coefficient (Wildman–Crippen LogP) is 3.82. The van der Waals surface area contributed by atoms with Crippen LogP contribution in [0.5, 0.6) is 0 Å². The number of benzene rings is 2. The van der Waals surface area contributed by atoms with Crippen molar-refractivity contribution in [3.05, 3.63) is 75.2 Å². The Morgan fingerprint density at radius 2 is 1.76 bits per heavy atom. The van der Waals surface area contributed by atoms with Crippen LogP contribution < -0.4 is 10.6 Å². The summed E-state index contributed by atoms with van der Waals surface area (Å²) >= 11 is 2.40. The number of nitrogens with one attached hydrogen (secondary N) is 2. The molecule has 0 saturated heterocycles. The average Bonchev–Trinajstić information content (AvgIpc) is 3.32. The summed E-state index contributed by atoms with van der Waals surface area (Å²) in [5.74, 6) is -4.57. The molecular weight excluding hydrogens is 586 g/mol. The van der Waals surface area contributed by atoms with Crippen LogP contribution in [-0.2, 0) is 27.3 Å². The van der Waals surface area contributed by atoms with Gasteiger partial charge in [0, 0.05) is 28.9 Å². The van der Waals surface area contributed by atoms with Crippen molar-refractivity contribution < 1.29 is 43.7 Å². The van der Waals surface area contributed by atoms with Crippen LogP contribution >= 0.6 is 23.1 Å². The van der Waals surface area contributed by atoms with Crippen LogP contribution in [0.15, 0.2) is 47.4 Å². The second-order valence-corrected chi connectivity index (χ2v) is 11.2. The van der Waals surface area contributed by atoms with E-state index >= 15 is 0 Å². The fourth-order valence-electron chi connectivity index (χ4n) is 4.30. The van der Waals surface area contributed by atoms with Crippen molar-refractivity contribution >= 4 is 69.4 Å². The topological polar surface area (TPSA) is 179 Å². The molecule has 3 aromatic rings. The summed E-state index contributed by atoms with van der Waals surface area (Å²) in [7, 11) is 1.26. The number of amides is 3. The number of carboxylic acid groups (broad SMARTS) is 2. The van der Waals surface area contributed by atoms with E-state index in [0.29, 0.717) is 40.7 Å². The quantitative estimate of drug-likeness (QED) is 0.205. The number of hydrogen-bond acceptors (Lipinski definition) is 9. The highest BCUT2D eigenvalue weighted by Crippen LogP contribution is 2.38. The Bertz CT molecular complexity index is 1620.